The van der Waals surface area contributed by atoms with Crippen molar-refractivity contribution in [1.82, 2.24) is 0 Å². The van der Waals surface area contributed by atoms with Crippen LogP contribution in [0.1, 0.15) is 25.7 Å². The van der Waals surface area contributed by atoms with E-state index in [9.17, 15) is 4.79 Å². The van der Waals surface area contributed by atoms with Crippen LogP contribution in [0.25, 0.3) is 0 Å². The van der Waals surface area contributed by atoms with E-state index in [1.165, 1.54) is 0 Å². The molecule has 3 heteroatoms. The molecule has 0 aliphatic heterocycles. The first-order valence-corrected chi connectivity index (χ1v) is 4.80. The summed E-state index contributed by atoms with van der Waals surface area (Å²) in [6.07, 6.45) is 3.67. The third kappa shape index (κ3) is 1.27. The van der Waals surface area contributed by atoms with Gasteiger partial charge in [0.2, 0.25) is 0 Å². The molecule has 1 fully saturated rings. The van der Waals surface area contributed by atoms with Crippen molar-refractivity contribution >= 4 is 5.97 Å². The summed E-state index contributed by atoms with van der Waals surface area (Å²) in [4.78, 5) is 10.9. The monoisotopic (exact) mass is 182 g/mol. The number of fused-ring (bicyclic) bond motifs is 2. The highest BCUT2D eigenvalue weighted by Gasteiger charge is 2.41. The van der Waals surface area contributed by atoms with E-state index in [0.717, 1.165) is 24.8 Å². The maximum atomic E-state index is 10.9. The number of aliphatic carboxylic acids is 1. The Kier molecular flexibility index (Phi) is 2.12. The van der Waals surface area contributed by atoms with Crippen LogP contribution in [0, 0.1) is 11.8 Å². The summed E-state index contributed by atoms with van der Waals surface area (Å²) >= 11 is 0. The maximum absolute atomic E-state index is 10.9. The Morgan fingerprint density at radius 2 is 2.31 bits per heavy atom. The molecule has 0 aromatic heterocycles. The molecule has 2 rings (SSSR count). The number of hydrogen-bond acceptors (Lipinski definition) is 2. The molecule has 1 saturated carbocycles. The number of rotatable bonds is 3. The molecule has 3 nitrogen and oxygen atoms in total. The first kappa shape index (κ1) is 8.75. The van der Waals surface area contributed by atoms with Crippen molar-refractivity contribution in [2.24, 2.45) is 11.8 Å². The van der Waals surface area contributed by atoms with Gasteiger partial charge >= 0.3 is 5.97 Å². The van der Waals surface area contributed by atoms with Gasteiger partial charge in [0.15, 0.2) is 0 Å². The molecule has 0 radical (unpaired) electrons. The van der Waals surface area contributed by atoms with Crippen molar-refractivity contribution in [1.29, 1.82) is 0 Å². The fraction of sp³-hybridized carbons (Fsp3) is 0.700. The SMILES string of the molecule is O=C(O)C1=C2CCC(C2)C1CCO. The highest BCUT2D eigenvalue weighted by atomic mass is 16.4. The zero-order valence-corrected chi connectivity index (χ0v) is 7.49. The molecule has 0 spiro atoms. The van der Waals surface area contributed by atoms with Crippen LogP contribution in [0.15, 0.2) is 11.1 Å². The minimum atomic E-state index is -0.768. The number of carboxylic acid groups (broad SMARTS) is 1. The second kappa shape index (κ2) is 3.14. The van der Waals surface area contributed by atoms with Gasteiger partial charge in [-0.05, 0) is 37.5 Å². The van der Waals surface area contributed by atoms with Gasteiger partial charge in [-0.15, -0.1) is 0 Å². The lowest BCUT2D eigenvalue weighted by Crippen LogP contribution is -2.19. The van der Waals surface area contributed by atoms with Crippen molar-refractivity contribution in [3.8, 4) is 0 Å². The second-order valence-electron chi connectivity index (χ2n) is 3.94. The molecule has 13 heavy (non-hydrogen) atoms. The summed E-state index contributed by atoms with van der Waals surface area (Å²) < 4.78 is 0. The molecule has 2 aliphatic rings. The zero-order valence-electron chi connectivity index (χ0n) is 7.49. The summed E-state index contributed by atoms with van der Waals surface area (Å²) in [5.41, 5.74) is 1.75. The third-order valence-electron chi connectivity index (χ3n) is 3.32. The van der Waals surface area contributed by atoms with Gasteiger partial charge in [-0.3, -0.25) is 0 Å². The molecule has 2 unspecified atom stereocenters. The molecule has 2 atom stereocenters. The average molecular weight is 182 g/mol. The van der Waals surface area contributed by atoms with Crippen molar-refractivity contribution in [3.63, 3.8) is 0 Å². The lowest BCUT2D eigenvalue weighted by atomic mass is 9.84. The van der Waals surface area contributed by atoms with Crippen molar-refractivity contribution in [3.05, 3.63) is 11.1 Å². The van der Waals surface area contributed by atoms with Crippen LogP contribution in [0.5, 0.6) is 0 Å². The molecular weight excluding hydrogens is 168 g/mol. The normalized spacial score (nSPS) is 31.5. The van der Waals surface area contributed by atoms with E-state index < -0.39 is 5.97 Å². The first-order chi connectivity index (χ1) is 6.24. The van der Waals surface area contributed by atoms with E-state index in [-0.39, 0.29) is 12.5 Å². The van der Waals surface area contributed by atoms with E-state index in [1.54, 1.807) is 0 Å². The lowest BCUT2D eigenvalue weighted by Gasteiger charge is -2.20. The quantitative estimate of drug-likeness (QED) is 0.689. The van der Waals surface area contributed by atoms with Crippen LogP contribution in [0.4, 0.5) is 0 Å². The largest absolute Gasteiger partial charge is 0.478 e. The molecule has 2 bridgehead atoms. The van der Waals surface area contributed by atoms with E-state index in [1.807, 2.05) is 0 Å². The summed E-state index contributed by atoms with van der Waals surface area (Å²) in [5.74, 6) is -0.129. The number of aliphatic hydroxyl groups excluding tert-OH is 1. The van der Waals surface area contributed by atoms with E-state index >= 15 is 0 Å². The number of carbonyl (C=O) groups is 1. The van der Waals surface area contributed by atoms with E-state index in [0.29, 0.717) is 17.9 Å². The molecule has 0 amide bonds. The smallest absolute Gasteiger partial charge is 0.331 e. The van der Waals surface area contributed by atoms with Gasteiger partial charge in [0.1, 0.15) is 0 Å². The fourth-order valence-electron chi connectivity index (χ4n) is 2.80. The Bertz CT molecular complexity index is 267. The zero-order chi connectivity index (χ0) is 9.42. The highest BCUT2D eigenvalue weighted by molar-refractivity contribution is 5.89. The molecule has 0 heterocycles. The summed E-state index contributed by atoms with van der Waals surface area (Å²) in [7, 11) is 0. The first-order valence-electron chi connectivity index (χ1n) is 4.80. The molecule has 0 saturated heterocycles. The number of carboxylic acids is 1. The van der Waals surface area contributed by atoms with Gasteiger partial charge in [0, 0.05) is 12.2 Å². The van der Waals surface area contributed by atoms with Crippen LogP contribution >= 0.6 is 0 Å². The fourth-order valence-corrected chi connectivity index (χ4v) is 2.80. The number of hydrogen-bond donors (Lipinski definition) is 2. The minimum Gasteiger partial charge on any atom is -0.478 e. The van der Waals surface area contributed by atoms with Gasteiger partial charge < -0.3 is 10.2 Å². The van der Waals surface area contributed by atoms with Crippen molar-refractivity contribution in [2.45, 2.75) is 25.7 Å². The van der Waals surface area contributed by atoms with Gasteiger partial charge in [0.25, 0.3) is 0 Å². The number of aliphatic hydroxyl groups is 1. The van der Waals surface area contributed by atoms with Gasteiger partial charge in [-0.1, -0.05) is 5.57 Å². The summed E-state index contributed by atoms with van der Waals surface area (Å²) in [5, 5.41) is 17.8. The van der Waals surface area contributed by atoms with Crippen LogP contribution in [0.3, 0.4) is 0 Å². The van der Waals surface area contributed by atoms with Crippen LogP contribution in [-0.2, 0) is 4.79 Å². The van der Waals surface area contributed by atoms with Crippen molar-refractivity contribution in [2.75, 3.05) is 6.61 Å². The highest BCUT2D eigenvalue weighted by Crippen LogP contribution is 2.49. The molecular formula is C10H14O3. The minimum absolute atomic E-state index is 0.102. The molecule has 0 aromatic carbocycles. The van der Waals surface area contributed by atoms with Gasteiger partial charge in [0.05, 0.1) is 0 Å². The topological polar surface area (TPSA) is 57.5 Å². The van der Waals surface area contributed by atoms with Crippen LogP contribution in [0.2, 0.25) is 0 Å². The summed E-state index contributed by atoms with van der Waals surface area (Å²) in [6, 6.07) is 0. The van der Waals surface area contributed by atoms with Crippen LogP contribution < -0.4 is 0 Å². The Balaban J connectivity index is 2.24. The Hall–Kier alpha value is -0.830. The van der Waals surface area contributed by atoms with Crippen molar-refractivity contribution < 1.29 is 15.0 Å². The third-order valence-corrected chi connectivity index (χ3v) is 3.32. The molecule has 72 valence electrons. The standard InChI is InChI=1S/C10H14O3/c11-4-3-8-6-1-2-7(5-6)9(8)10(12)13/h6,8,11H,1-5H2,(H,12,13). The summed E-state index contributed by atoms with van der Waals surface area (Å²) in [6.45, 7) is 0.102. The predicted octanol–water partition coefficient (Wildman–Crippen LogP) is 1.18. The molecule has 2 N–H and O–H groups in total. The van der Waals surface area contributed by atoms with Crippen LogP contribution in [-0.4, -0.2) is 22.8 Å². The van der Waals surface area contributed by atoms with E-state index in [2.05, 4.69) is 0 Å². The molecule has 2 aliphatic carbocycles. The maximum Gasteiger partial charge on any atom is 0.331 e. The van der Waals surface area contributed by atoms with Gasteiger partial charge in [-0.25, -0.2) is 4.79 Å². The molecule has 0 aromatic rings. The lowest BCUT2D eigenvalue weighted by molar-refractivity contribution is -0.133. The number of allylic oxidation sites excluding steroid dienone is 1. The Morgan fingerprint density at radius 1 is 1.54 bits per heavy atom. The Labute approximate surface area is 77.1 Å². The predicted molar refractivity (Wildman–Crippen MR) is 47.2 cm³/mol. The van der Waals surface area contributed by atoms with Gasteiger partial charge in [-0.2, -0.15) is 0 Å². The van der Waals surface area contributed by atoms with E-state index in [4.69, 9.17) is 10.2 Å². The second-order valence-corrected chi connectivity index (χ2v) is 3.94. The Morgan fingerprint density at radius 3 is 2.92 bits per heavy atom. The average Bonchev–Trinajstić information content (AvgIpc) is 2.63.